The number of aromatic nitrogens is 3. The van der Waals surface area contributed by atoms with Gasteiger partial charge in [-0.1, -0.05) is 47.7 Å². The zero-order valence-electron chi connectivity index (χ0n) is 72.2. The first kappa shape index (κ1) is 105. The Morgan fingerprint density at radius 3 is 1.50 bits per heavy atom. The van der Waals surface area contributed by atoms with Crippen molar-refractivity contribution in [2.75, 3.05) is 144 Å². The van der Waals surface area contributed by atoms with Gasteiger partial charge in [-0.15, -0.1) is 5.10 Å². The number of hydrogen-bond donors (Lipinski definition) is 15. The predicted molar refractivity (Wildman–Crippen MR) is 453 cm³/mol. The summed E-state index contributed by atoms with van der Waals surface area (Å²) in [6.45, 7) is 4.46. The number of rotatable bonds is 62. The lowest BCUT2D eigenvalue weighted by Gasteiger charge is -2.42. The molecule has 4 heterocycles. The normalized spacial score (nSPS) is 19.3. The maximum atomic E-state index is 14.1. The van der Waals surface area contributed by atoms with Crippen LogP contribution >= 0.6 is 7.82 Å². The molecule has 2 fully saturated rings. The van der Waals surface area contributed by atoms with Gasteiger partial charge in [0.25, 0.3) is 11.8 Å². The molecule has 0 spiro atoms. The summed E-state index contributed by atoms with van der Waals surface area (Å²) in [5.74, 6) is -3.99. The van der Waals surface area contributed by atoms with Gasteiger partial charge in [0.05, 0.1) is 104 Å². The SMILES string of the molecule is COP(=O)(O)OCCCCCNC(=O)CCC(=O)N1Cc2ccccc2-c2nnn(CCOCCOCCOCCOCCC(=O)NCCOc3cc(C(=O)NCCC(=O)CCCNC(=O)CCCCOC4OC(CO)C(O)C(O)C4NC(C)=O)cc(C(=O)NCCC(=O)CCCNC(=O)CCCCOC4OC(CO)C(O)C(O)C4NC(C)=O)c3)c2-c2ccccc21. The van der Waals surface area contributed by atoms with E-state index in [0.29, 0.717) is 88.0 Å². The number of aliphatic hydroxyl groups is 6. The van der Waals surface area contributed by atoms with Gasteiger partial charge in [-0.3, -0.25) is 61.8 Å². The number of phosphoric ester groups is 1. The van der Waals surface area contributed by atoms with Crippen molar-refractivity contribution in [3.8, 4) is 28.3 Å². The Hall–Kier alpha value is -9.28. The average Bonchev–Trinajstić information content (AvgIpc) is 1.66. The first-order valence-corrected chi connectivity index (χ1v) is 44.4. The summed E-state index contributed by atoms with van der Waals surface area (Å²) in [6, 6.07) is 17.1. The summed E-state index contributed by atoms with van der Waals surface area (Å²) in [4.78, 5) is 152. The van der Waals surface area contributed by atoms with Gasteiger partial charge in [-0.25, -0.2) is 9.25 Å². The van der Waals surface area contributed by atoms with Crippen molar-refractivity contribution in [3.63, 3.8) is 0 Å². The number of unbranched alkanes of at least 4 members (excludes halogenated alkanes) is 4. The van der Waals surface area contributed by atoms with Crippen LogP contribution in [0.2, 0.25) is 0 Å². The van der Waals surface area contributed by atoms with Crippen LogP contribution in [0.3, 0.4) is 0 Å². The number of nitrogens with one attached hydrogen (secondary N) is 8. The molecule has 7 rings (SSSR count). The predicted octanol–water partition coefficient (Wildman–Crippen LogP) is 0.372. The minimum Gasteiger partial charge on any atom is -0.492 e. The molecule has 3 aliphatic rings. The van der Waals surface area contributed by atoms with Crippen LogP contribution in [0, 0.1) is 0 Å². The molecule has 2 saturated heterocycles. The first-order valence-electron chi connectivity index (χ1n) is 42.9. The molecular weight excluding hydrogens is 1690 g/mol. The average molecular weight is 1810 g/mol. The molecule has 0 aliphatic carbocycles. The number of nitrogens with zero attached hydrogens (tertiary/aromatic N) is 4. The molecule has 9 amide bonds. The number of phosphoric acid groups is 1. The van der Waals surface area contributed by atoms with Crippen molar-refractivity contribution in [2.24, 2.45) is 0 Å². The Bertz CT molecular complexity index is 4060. The monoisotopic (exact) mass is 1810 g/mol. The van der Waals surface area contributed by atoms with Gasteiger partial charge >= 0.3 is 7.82 Å². The molecule has 0 bridgehead atoms. The number of benzene rings is 3. The Kier molecular flexibility index (Phi) is 47.5. The summed E-state index contributed by atoms with van der Waals surface area (Å²) in [6.07, 6.45) is -6.23. The molecule has 43 heteroatoms. The maximum absolute atomic E-state index is 14.1. The van der Waals surface area contributed by atoms with Crippen LogP contribution in [0.25, 0.3) is 22.5 Å². The number of Topliss-reactive ketones (excluding diaryl/α,β-unsaturated/α-hetero) is 2. The Morgan fingerprint density at radius 2 is 0.961 bits per heavy atom. The molecule has 3 aromatic carbocycles. The van der Waals surface area contributed by atoms with Crippen molar-refractivity contribution in [1.29, 1.82) is 0 Å². The summed E-state index contributed by atoms with van der Waals surface area (Å²) in [7, 11) is -2.95. The third-order valence-corrected chi connectivity index (χ3v) is 21.4. The fourth-order valence-electron chi connectivity index (χ4n) is 13.7. The quantitative estimate of drug-likeness (QED) is 0.0210. The lowest BCUT2D eigenvalue weighted by atomic mass is 9.95. The van der Waals surface area contributed by atoms with Crippen molar-refractivity contribution in [2.45, 2.75) is 204 Å². The van der Waals surface area contributed by atoms with Gasteiger partial charge in [0.2, 0.25) is 41.4 Å². The highest BCUT2D eigenvalue weighted by Gasteiger charge is 2.47. The van der Waals surface area contributed by atoms with Crippen molar-refractivity contribution >= 4 is 78.2 Å². The highest BCUT2D eigenvalue weighted by Crippen LogP contribution is 2.43. The van der Waals surface area contributed by atoms with Crippen molar-refractivity contribution < 1.29 is 145 Å². The van der Waals surface area contributed by atoms with E-state index in [0.717, 1.165) is 23.8 Å². The lowest BCUT2D eigenvalue weighted by molar-refractivity contribution is -0.270. The molecule has 11 atom stereocenters. The topological polar surface area (TPSA) is 578 Å². The number of ether oxygens (including phenoxy) is 9. The van der Waals surface area contributed by atoms with E-state index in [1.807, 2.05) is 48.5 Å². The fourth-order valence-corrected chi connectivity index (χ4v) is 14.1. The highest BCUT2D eigenvalue weighted by molar-refractivity contribution is 7.47. The minimum absolute atomic E-state index is 0.00117. The molecule has 706 valence electrons. The van der Waals surface area contributed by atoms with Gasteiger partial charge in [0, 0.05) is 147 Å². The van der Waals surface area contributed by atoms with Crippen LogP contribution < -0.4 is 52.2 Å². The smallest absolute Gasteiger partial charge is 0.471 e. The van der Waals surface area contributed by atoms with Crippen molar-refractivity contribution in [1.82, 2.24) is 57.5 Å². The van der Waals surface area contributed by atoms with E-state index in [2.05, 4.69) is 57.4 Å². The van der Waals surface area contributed by atoms with Crippen LogP contribution in [0.5, 0.6) is 5.75 Å². The summed E-state index contributed by atoms with van der Waals surface area (Å²) < 4.78 is 73.8. The van der Waals surface area contributed by atoms with Crippen LogP contribution in [-0.2, 0) is 108 Å². The molecule has 1 aromatic heterocycles. The number of ketones is 2. The Balaban J connectivity index is 0.773. The molecule has 11 unspecified atom stereocenters. The summed E-state index contributed by atoms with van der Waals surface area (Å²) >= 11 is 0. The Labute approximate surface area is 736 Å². The van der Waals surface area contributed by atoms with Crippen LogP contribution in [-0.4, -0.2) is 315 Å². The molecule has 3 aliphatic heterocycles. The number of aliphatic hydroxyl groups excluding tert-OH is 6. The van der Waals surface area contributed by atoms with Crippen LogP contribution in [0.1, 0.15) is 156 Å². The van der Waals surface area contributed by atoms with Gasteiger partial charge < -0.3 is 126 Å². The third-order valence-electron chi connectivity index (χ3n) is 20.4. The van der Waals surface area contributed by atoms with E-state index in [1.165, 1.54) is 32.0 Å². The van der Waals surface area contributed by atoms with Crippen LogP contribution in [0.4, 0.5) is 5.69 Å². The maximum Gasteiger partial charge on any atom is 0.471 e. The van der Waals surface area contributed by atoms with Gasteiger partial charge in [0.1, 0.15) is 78.3 Å². The standard InChI is InChI=1S/C84H125N12O30P/c1-55(99)91-74-79(110)77(108)66(53-97)125-83(74)122-37-13-9-23-68(103)86-31-15-18-60(101)27-33-89-81(112)58-49-59(82(113)90-34-28-61(102)19-16-32-87-69(104)24-10-14-38-123-84-75(92-56(2)100)80(111)78(109)67(54-98)126-84)51-62(50-58)121-41-35-88-71(106)29-40-117-43-45-119-47-48-120-46-44-118-42-36-96-76-64-21-7-8-22-65(64)95(52-57-17-5-6-20-63(57)73(76)93-94-96)72(107)26-25-70(105)85-30-11-4-12-39-124-127(114,115)116-3/h5-8,17,20-22,49-51,66-67,74-75,77-80,83-84,97-98,108-111H,4,9-16,18-19,23-48,52-54H2,1-3H3,(H,85,105)(H,86,103)(H,87,104)(H,88,106)(H,89,112)(H,90,113)(H,91,99)(H,92,100)(H,114,115). The molecule has 127 heavy (non-hydrogen) atoms. The van der Waals surface area contributed by atoms with Crippen LogP contribution in [0.15, 0.2) is 66.7 Å². The van der Waals surface area contributed by atoms with E-state index < -0.39 is 106 Å². The van der Waals surface area contributed by atoms with E-state index in [-0.39, 0.29) is 234 Å². The van der Waals surface area contributed by atoms with E-state index in [9.17, 15) is 92.8 Å². The molecule has 42 nitrogen and oxygen atoms in total. The minimum atomic E-state index is -4.04. The van der Waals surface area contributed by atoms with Crippen molar-refractivity contribution in [3.05, 3.63) is 83.4 Å². The second kappa shape index (κ2) is 57.6. The zero-order chi connectivity index (χ0) is 91.9. The van der Waals surface area contributed by atoms with E-state index >= 15 is 0 Å². The number of fused-ring (bicyclic) bond motifs is 5. The molecule has 4 aromatic rings. The Morgan fingerprint density at radius 1 is 0.480 bits per heavy atom. The van der Waals surface area contributed by atoms with Gasteiger partial charge in [0.15, 0.2) is 12.6 Å². The van der Waals surface area contributed by atoms with Gasteiger partial charge in [-0.2, -0.15) is 0 Å². The molecule has 0 saturated carbocycles. The number of para-hydroxylation sites is 1. The molecule has 0 radical (unpaired) electrons. The summed E-state index contributed by atoms with van der Waals surface area (Å²) in [5, 5.41) is 91.1. The number of hydrogen-bond acceptors (Lipinski definition) is 31. The second-order valence-corrected chi connectivity index (χ2v) is 31.8. The highest BCUT2D eigenvalue weighted by atomic mass is 31.2. The third kappa shape index (κ3) is 37.4. The lowest BCUT2D eigenvalue weighted by Crippen LogP contribution is -2.64. The first-order chi connectivity index (χ1) is 61.2. The number of carbonyl (C=O) groups excluding carboxylic acids is 11. The van der Waals surface area contributed by atoms with E-state index in [1.54, 1.807) is 9.58 Å². The van der Waals surface area contributed by atoms with Gasteiger partial charge in [-0.05, 0) is 87.6 Å². The second-order valence-electron chi connectivity index (χ2n) is 30.2. The fraction of sp³-hybridized carbons (Fsp3) is 0.631. The van der Waals surface area contributed by atoms with E-state index in [4.69, 9.17) is 47.2 Å². The summed E-state index contributed by atoms with van der Waals surface area (Å²) in [5.41, 5.74) is 4.39. The largest absolute Gasteiger partial charge is 0.492 e. The number of amides is 9. The zero-order valence-corrected chi connectivity index (χ0v) is 73.1. The molecular formula is C84H125N12O30P. The molecule has 15 N–H and O–H groups in total. The number of carbonyl (C=O) groups is 11. The number of anilines is 1.